The number of hydrogen-bond donors (Lipinski definition) is 1. The third-order valence-corrected chi connectivity index (χ3v) is 5.33. The van der Waals surface area contributed by atoms with E-state index in [1.165, 1.54) is 16.8 Å². The number of ether oxygens (including phenoxy) is 2. The van der Waals surface area contributed by atoms with E-state index in [2.05, 4.69) is 34.5 Å². The molecule has 154 valence electrons. The maximum Gasteiger partial charge on any atom is 0.412 e. The van der Waals surface area contributed by atoms with Gasteiger partial charge in [-0.3, -0.25) is 0 Å². The van der Waals surface area contributed by atoms with Crippen molar-refractivity contribution in [2.45, 2.75) is 19.4 Å². The van der Waals surface area contributed by atoms with Gasteiger partial charge < -0.3 is 19.7 Å². The molecule has 3 aromatic carbocycles. The zero-order valence-corrected chi connectivity index (χ0v) is 17.1. The molecule has 3 aromatic rings. The van der Waals surface area contributed by atoms with Crippen molar-refractivity contribution in [2.75, 3.05) is 25.1 Å². The molecule has 5 nitrogen and oxygen atoms in total. The topological polar surface area (TPSA) is 50.8 Å². The van der Waals surface area contributed by atoms with E-state index in [0.717, 1.165) is 30.8 Å². The number of para-hydroxylation sites is 1. The van der Waals surface area contributed by atoms with Crippen LogP contribution in [0.25, 0.3) is 0 Å². The second-order valence-electron chi connectivity index (χ2n) is 7.33. The molecule has 1 N–H and O–H groups in total. The molecule has 0 radical (unpaired) electrons. The summed E-state index contributed by atoms with van der Waals surface area (Å²) in [6, 6.07) is 24.1. The number of amides is 1. The summed E-state index contributed by atoms with van der Waals surface area (Å²) in [5.41, 5.74) is 4.77. The average Bonchev–Trinajstić information content (AvgIpc) is 3.16. The lowest BCUT2D eigenvalue weighted by molar-refractivity contribution is 0.200. The van der Waals surface area contributed by atoms with Crippen LogP contribution in [0.1, 0.15) is 16.7 Å². The molecule has 0 bridgehead atoms. The number of methoxy groups -OCH3 is 1. The number of anilines is 1. The van der Waals surface area contributed by atoms with E-state index in [1.54, 1.807) is 7.11 Å². The molecule has 30 heavy (non-hydrogen) atoms. The van der Waals surface area contributed by atoms with Crippen LogP contribution in [0.15, 0.2) is 72.8 Å². The Hall–Kier alpha value is -3.47. The minimum atomic E-state index is -0.441. The Balaban J connectivity index is 1.31. The summed E-state index contributed by atoms with van der Waals surface area (Å²) in [7, 11) is 1.65. The van der Waals surface area contributed by atoms with Gasteiger partial charge in [-0.25, -0.2) is 4.79 Å². The van der Waals surface area contributed by atoms with Gasteiger partial charge in [0.1, 0.15) is 11.5 Å². The first-order valence-corrected chi connectivity index (χ1v) is 10.2. The summed E-state index contributed by atoms with van der Waals surface area (Å²) < 4.78 is 10.8. The fraction of sp³-hybridized carbons (Fsp3) is 0.240. The van der Waals surface area contributed by atoms with Crippen molar-refractivity contribution >= 4 is 11.8 Å². The van der Waals surface area contributed by atoms with E-state index in [1.807, 2.05) is 48.5 Å². The number of nitrogens with one attached hydrogen (secondary N) is 1. The number of rotatable bonds is 7. The molecular weight excluding hydrogens is 376 g/mol. The van der Waals surface area contributed by atoms with Crippen LogP contribution in [-0.4, -0.2) is 26.3 Å². The Morgan fingerprint density at radius 1 is 1.03 bits per heavy atom. The Labute approximate surface area is 177 Å². The molecule has 5 heteroatoms. The van der Waals surface area contributed by atoms with E-state index in [0.29, 0.717) is 18.7 Å². The molecule has 0 saturated carbocycles. The van der Waals surface area contributed by atoms with Crippen molar-refractivity contribution in [3.05, 3.63) is 89.5 Å². The van der Waals surface area contributed by atoms with Gasteiger partial charge >= 0.3 is 6.09 Å². The largest absolute Gasteiger partial charge is 0.496 e. The van der Waals surface area contributed by atoms with Crippen LogP contribution in [0.5, 0.6) is 11.5 Å². The number of hydrogen-bond acceptors (Lipinski definition) is 4. The van der Waals surface area contributed by atoms with Crippen molar-refractivity contribution in [1.82, 2.24) is 5.32 Å². The number of benzene rings is 3. The molecule has 0 fully saturated rings. The lowest BCUT2D eigenvalue weighted by Crippen LogP contribution is -2.28. The highest BCUT2D eigenvalue weighted by molar-refractivity contribution is 5.71. The lowest BCUT2D eigenvalue weighted by Gasteiger charge is -2.19. The highest BCUT2D eigenvalue weighted by Crippen LogP contribution is 2.32. The number of carbonyl (C=O) groups is 1. The molecule has 1 aliphatic heterocycles. The highest BCUT2D eigenvalue weighted by Gasteiger charge is 2.20. The molecule has 0 atom stereocenters. The molecule has 0 unspecified atom stereocenters. The van der Waals surface area contributed by atoms with Crippen LogP contribution in [0, 0.1) is 0 Å². The molecule has 4 rings (SSSR count). The quantitative estimate of drug-likeness (QED) is 0.628. The first kappa shape index (κ1) is 19.8. The monoisotopic (exact) mass is 402 g/mol. The second-order valence-corrected chi connectivity index (χ2v) is 7.33. The smallest absolute Gasteiger partial charge is 0.412 e. The third-order valence-electron chi connectivity index (χ3n) is 5.33. The van der Waals surface area contributed by atoms with E-state index >= 15 is 0 Å². The summed E-state index contributed by atoms with van der Waals surface area (Å²) >= 11 is 0. The predicted octanol–water partition coefficient (Wildman–Crippen LogP) is 4.59. The first-order chi connectivity index (χ1) is 14.7. The first-order valence-electron chi connectivity index (χ1n) is 10.2. The minimum absolute atomic E-state index is 0.441. The Morgan fingerprint density at radius 3 is 2.67 bits per heavy atom. The average molecular weight is 402 g/mol. The number of fused-ring (bicyclic) bond motifs is 1. The van der Waals surface area contributed by atoms with Gasteiger partial charge in [-0.15, -0.1) is 0 Å². The zero-order chi connectivity index (χ0) is 20.8. The molecule has 1 aliphatic rings. The van der Waals surface area contributed by atoms with Gasteiger partial charge in [0, 0.05) is 25.3 Å². The molecule has 0 aromatic heterocycles. The summed E-state index contributed by atoms with van der Waals surface area (Å²) in [4.78, 5) is 14.6. The van der Waals surface area contributed by atoms with Crippen molar-refractivity contribution < 1.29 is 14.3 Å². The van der Waals surface area contributed by atoms with Gasteiger partial charge in [0.2, 0.25) is 0 Å². The third kappa shape index (κ3) is 4.74. The standard InChI is InChI=1S/C25H26N2O3/c1-29-24-10-6-5-9-20(24)13-15-26-25(28)30-22-11-12-23-21(17-22)14-16-27(23)18-19-7-3-2-4-8-19/h2-12,17H,13-16,18H2,1H3,(H,26,28). The van der Waals surface area contributed by atoms with Gasteiger partial charge in [0.15, 0.2) is 0 Å². The fourth-order valence-corrected chi connectivity index (χ4v) is 3.83. The number of nitrogens with zero attached hydrogens (tertiary/aromatic N) is 1. The van der Waals surface area contributed by atoms with Gasteiger partial charge in [0.25, 0.3) is 0 Å². The Morgan fingerprint density at radius 2 is 1.83 bits per heavy atom. The Kier molecular flexibility index (Phi) is 6.18. The predicted molar refractivity (Wildman–Crippen MR) is 118 cm³/mol. The summed E-state index contributed by atoms with van der Waals surface area (Å²) in [6.07, 6.45) is 1.19. The summed E-state index contributed by atoms with van der Waals surface area (Å²) in [6.45, 7) is 2.34. The molecule has 0 saturated heterocycles. The van der Waals surface area contributed by atoms with Gasteiger partial charge in [0.05, 0.1) is 7.11 Å². The van der Waals surface area contributed by atoms with Crippen LogP contribution >= 0.6 is 0 Å². The van der Waals surface area contributed by atoms with Crippen LogP contribution < -0.4 is 19.7 Å². The number of carbonyl (C=O) groups excluding carboxylic acids is 1. The van der Waals surface area contributed by atoms with Crippen molar-refractivity contribution in [3.8, 4) is 11.5 Å². The molecule has 0 spiro atoms. The van der Waals surface area contributed by atoms with Crippen LogP contribution in [0.2, 0.25) is 0 Å². The van der Waals surface area contributed by atoms with Crippen molar-refractivity contribution in [2.24, 2.45) is 0 Å². The zero-order valence-electron chi connectivity index (χ0n) is 17.1. The Bertz CT molecular complexity index is 1000. The summed E-state index contributed by atoms with van der Waals surface area (Å²) in [5, 5.41) is 2.81. The van der Waals surface area contributed by atoms with Gasteiger partial charge in [-0.05, 0) is 53.8 Å². The van der Waals surface area contributed by atoms with Crippen LogP contribution in [0.3, 0.4) is 0 Å². The fourth-order valence-electron chi connectivity index (χ4n) is 3.83. The van der Waals surface area contributed by atoms with Crippen molar-refractivity contribution in [1.29, 1.82) is 0 Å². The highest BCUT2D eigenvalue weighted by atomic mass is 16.6. The SMILES string of the molecule is COc1ccccc1CCNC(=O)Oc1ccc2c(c1)CCN2Cc1ccccc1. The van der Waals surface area contributed by atoms with Crippen molar-refractivity contribution in [3.63, 3.8) is 0 Å². The second kappa shape index (κ2) is 9.35. The van der Waals surface area contributed by atoms with Crippen LogP contribution in [-0.2, 0) is 19.4 Å². The summed E-state index contributed by atoms with van der Waals surface area (Å²) in [5.74, 6) is 1.40. The normalized spacial score (nSPS) is 12.4. The lowest BCUT2D eigenvalue weighted by atomic mass is 10.1. The molecule has 1 heterocycles. The van der Waals surface area contributed by atoms with E-state index in [-0.39, 0.29) is 0 Å². The molecule has 0 aliphatic carbocycles. The maximum atomic E-state index is 12.2. The minimum Gasteiger partial charge on any atom is -0.496 e. The van der Waals surface area contributed by atoms with E-state index in [4.69, 9.17) is 9.47 Å². The maximum absolute atomic E-state index is 12.2. The molecular formula is C25H26N2O3. The van der Waals surface area contributed by atoms with Crippen LogP contribution in [0.4, 0.5) is 10.5 Å². The van der Waals surface area contributed by atoms with E-state index < -0.39 is 6.09 Å². The van der Waals surface area contributed by atoms with E-state index in [9.17, 15) is 4.79 Å². The van der Waals surface area contributed by atoms with Gasteiger partial charge in [-0.1, -0.05) is 48.5 Å². The molecule has 1 amide bonds. The van der Waals surface area contributed by atoms with Gasteiger partial charge in [-0.2, -0.15) is 0 Å².